The van der Waals surface area contributed by atoms with Crippen LogP contribution >= 0.6 is 0 Å². The molecule has 0 aliphatic rings. The van der Waals surface area contributed by atoms with Gasteiger partial charge in [-0.1, -0.05) is 0 Å². The normalized spacial score (nSPS) is 10.5. The molecule has 2 aromatic rings. The molecular weight excluding hydrogens is 201 g/mol. The predicted octanol–water partition coefficient (Wildman–Crippen LogP) is 1.07. The Kier molecular flexibility index (Phi) is 2.03. The standard InChI is InChI=1S/C9H8FN3O2/c1-15-9(14)4-2-5-8(13-3-12-5)6(10)7(4)11/h2-3H,11H2,1H3,(H,12,13). The van der Waals surface area contributed by atoms with Crippen molar-refractivity contribution in [3.8, 4) is 0 Å². The highest BCUT2D eigenvalue weighted by molar-refractivity contribution is 5.99. The van der Waals surface area contributed by atoms with Crippen molar-refractivity contribution in [2.45, 2.75) is 0 Å². The fourth-order valence-electron chi connectivity index (χ4n) is 1.34. The fourth-order valence-corrected chi connectivity index (χ4v) is 1.34. The molecule has 15 heavy (non-hydrogen) atoms. The van der Waals surface area contributed by atoms with Gasteiger partial charge in [-0.3, -0.25) is 0 Å². The van der Waals surface area contributed by atoms with Gasteiger partial charge >= 0.3 is 5.97 Å². The van der Waals surface area contributed by atoms with E-state index in [9.17, 15) is 9.18 Å². The zero-order valence-corrected chi connectivity index (χ0v) is 7.87. The van der Waals surface area contributed by atoms with Crippen molar-refractivity contribution in [3.05, 3.63) is 23.8 Å². The first-order valence-corrected chi connectivity index (χ1v) is 4.14. The van der Waals surface area contributed by atoms with Gasteiger partial charge in [0.1, 0.15) is 5.52 Å². The maximum Gasteiger partial charge on any atom is 0.340 e. The number of nitrogens with two attached hydrogens (primary N) is 1. The Morgan fingerprint density at radius 3 is 3.07 bits per heavy atom. The van der Waals surface area contributed by atoms with Gasteiger partial charge in [0.05, 0.1) is 30.2 Å². The van der Waals surface area contributed by atoms with Crippen molar-refractivity contribution in [2.24, 2.45) is 0 Å². The highest BCUT2D eigenvalue weighted by Crippen LogP contribution is 2.24. The molecule has 0 radical (unpaired) electrons. The van der Waals surface area contributed by atoms with Gasteiger partial charge in [0.25, 0.3) is 0 Å². The minimum Gasteiger partial charge on any atom is -0.465 e. The Morgan fingerprint density at radius 1 is 1.67 bits per heavy atom. The minimum absolute atomic E-state index is 0.00764. The summed E-state index contributed by atoms with van der Waals surface area (Å²) in [7, 11) is 1.21. The molecule has 6 heteroatoms. The number of H-pyrrole nitrogens is 1. The van der Waals surface area contributed by atoms with Crippen LogP contribution in [0.1, 0.15) is 10.4 Å². The number of nitrogens with one attached hydrogen (secondary N) is 1. The second kappa shape index (κ2) is 3.23. The number of anilines is 1. The summed E-state index contributed by atoms with van der Waals surface area (Å²) in [5.41, 5.74) is 5.71. The lowest BCUT2D eigenvalue weighted by Crippen LogP contribution is -2.07. The molecule has 3 N–H and O–H groups in total. The SMILES string of the molecule is COC(=O)c1cc2[nH]cnc2c(F)c1N. The van der Waals surface area contributed by atoms with E-state index in [0.29, 0.717) is 5.52 Å². The molecule has 1 heterocycles. The van der Waals surface area contributed by atoms with Crippen LogP contribution in [0.3, 0.4) is 0 Å². The number of nitrogens with zero attached hydrogens (tertiary/aromatic N) is 1. The molecule has 78 valence electrons. The highest BCUT2D eigenvalue weighted by Gasteiger charge is 2.18. The molecule has 0 atom stereocenters. The molecule has 0 spiro atoms. The third kappa shape index (κ3) is 1.30. The Hall–Kier alpha value is -2.11. The van der Waals surface area contributed by atoms with Crippen LogP contribution in [0.15, 0.2) is 12.4 Å². The first kappa shape index (κ1) is 9.45. The molecule has 5 nitrogen and oxygen atoms in total. The number of benzene rings is 1. The smallest absolute Gasteiger partial charge is 0.340 e. The fraction of sp³-hybridized carbons (Fsp3) is 0.111. The third-order valence-corrected chi connectivity index (χ3v) is 2.10. The maximum atomic E-state index is 13.6. The van der Waals surface area contributed by atoms with Crippen LogP contribution in [0.4, 0.5) is 10.1 Å². The van der Waals surface area contributed by atoms with Crippen LogP contribution in [-0.4, -0.2) is 23.0 Å². The van der Waals surface area contributed by atoms with Gasteiger partial charge in [-0.05, 0) is 6.07 Å². The van der Waals surface area contributed by atoms with Crippen LogP contribution < -0.4 is 5.73 Å². The third-order valence-electron chi connectivity index (χ3n) is 2.10. The number of fused-ring (bicyclic) bond motifs is 1. The summed E-state index contributed by atoms with van der Waals surface area (Å²) < 4.78 is 18.1. The number of hydrogen-bond donors (Lipinski definition) is 2. The summed E-state index contributed by atoms with van der Waals surface area (Å²) in [6, 6.07) is 1.41. The average molecular weight is 209 g/mol. The summed E-state index contributed by atoms with van der Waals surface area (Å²) in [5, 5.41) is 0. The van der Waals surface area contributed by atoms with E-state index in [4.69, 9.17) is 5.73 Å². The highest BCUT2D eigenvalue weighted by atomic mass is 19.1. The van der Waals surface area contributed by atoms with Crippen molar-refractivity contribution in [1.29, 1.82) is 0 Å². The molecule has 0 bridgehead atoms. The van der Waals surface area contributed by atoms with E-state index in [1.807, 2.05) is 0 Å². The quantitative estimate of drug-likeness (QED) is 0.543. The molecule has 0 saturated heterocycles. The van der Waals surface area contributed by atoms with Crippen LogP contribution in [0.2, 0.25) is 0 Å². The minimum atomic E-state index is -0.714. The van der Waals surface area contributed by atoms with Gasteiger partial charge in [0.2, 0.25) is 0 Å². The second-order valence-electron chi connectivity index (χ2n) is 2.94. The van der Waals surface area contributed by atoms with Crippen molar-refractivity contribution < 1.29 is 13.9 Å². The molecular formula is C9H8FN3O2. The summed E-state index contributed by atoms with van der Waals surface area (Å²) in [4.78, 5) is 17.7. The molecule has 2 rings (SSSR count). The molecule has 0 amide bonds. The van der Waals surface area contributed by atoms with Gasteiger partial charge in [-0.2, -0.15) is 0 Å². The number of halogens is 1. The average Bonchev–Trinajstić information content (AvgIpc) is 2.70. The number of nitrogen functional groups attached to an aromatic ring is 1. The van der Waals surface area contributed by atoms with Crippen LogP contribution in [-0.2, 0) is 4.74 Å². The lowest BCUT2D eigenvalue weighted by atomic mass is 10.1. The van der Waals surface area contributed by atoms with Gasteiger partial charge < -0.3 is 15.5 Å². The van der Waals surface area contributed by atoms with E-state index in [1.54, 1.807) is 0 Å². The van der Waals surface area contributed by atoms with Gasteiger partial charge in [-0.15, -0.1) is 0 Å². The lowest BCUT2D eigenvalue weighted by Gasteiger charge is -2.04. The van der Waals surface area contributed by atoms with Gasteiger partial charge in [0, 0.05) is 0 Å². The van der Waals surface area contributed by atoms with Crippen molar-refractivity contribution in [3.63, 3.8) is 0 Å². The zero-order valence-electron chi connectivity index (χ0n) is 7.87. The maximum absolute atomic E-state index is 13.6. The number of imidazole rings is 1. The van der Waals surface area contributed by atoms with E-state index < -0.39 is 11.8 Å². The van der Waals surface area contributed by atoms with E-state index in [-0.39, 0.29) is 16.8 Å². The number of aromatic amines is 1. The topological polar surface area (TPSA) is 81.0 Å². The second-order valence-corrected chi connectivity index (χ2v) is 2.94. The van der Waals surface area contributed by atoms with Crippen LogP contribution in [0.5, 0.6) is 0 Å². The lowest BCUT2D eigenvalue weighted by molar-refractivity contribution is 0.0601. The number of carbonyl (C=O) groups is 1. The van der Waals surface area contributed by atoms with Crippen LogP contribution in [0, 0.1) is 5.82 Å². The molecule has 0 unspecified atom stereocenters. The van der Waals surface area contributed by atoms with E-state index in [1.165, 1.54) is 19.5 Å². The number of esters is 1. The first-order valence-electron chi connectivity index (χ1n) is 4.14. The largest absolute Gasteiger partial charge is 0.465 e. The Morgan fingerprint density at radius 2 is 2.40 bits per heavy atom. The number of rotatable bonds is 1. The number of aromatic nitrogens is 2. The van der Waals surface area contributed by atoms with E-state index in [0.717, 1.165) is 0 Å². The molecule has 0 fully saturated rings. The molecule has 1 aromatic carbocycles. The van der Waals surface area contributed by atoms with E-state index >= 15 is 0 Å². The summed E-state index contributed by atoms with van der Waals surface area (Å²) in [5.74, 6) is -1.39. The number of carbonyl (C=O) groups excluding carboxylic acids is 1. The van der Waals surface area contributed by atoms with Crippen molar-refractivity contribution in [1.82, 2.24) is 9.97 Å². The molecule has 0 saturated carbocycles. The zero-order chi connectivity index (χ0) is 11.0. The number of ether oxygens (including phenoxy) is 1. The van der Waals surface area contributed by atoms with Gasteiger partial charge in [-0.25, -0.2) is 14.2 Å². The van der Waals surface area contributed by atoms with Crippen molar-refractivity contribution >= 4 is 22.7 Å². The molecule has 0 aliphatic heterocycles. The van der Waals surface area contributed by atoms with E-state index in [2.05, 4.69) is 14.7 Å². The molecule has 1 aromatic heterocycles. The Balaban J connectivity index is 2.75. The number of hydrogen-bond acceptors (Lipinski definition) is 4. The summed E-state index contributed by atoms with van der Waals surface area (Å²) in [6.45, 7) is 0. The summed E-state index contributed by atoms with van der Waals surface area (Å²) in [6.07, 6.45) is 1.33. The Bertz CT molecular complexity index is 535. The summed E-state index contributed by atoms with van der Waals surface area (Å²) >= 11 is 0. The number of methoxy groups -OCH3 is 1. The van der Waals surface area contributed by atoms with Crippen molar-refractivity contribution in [2.75, 3.05) is 12.8 Å². The monoisotopic (exact) mass is 209 g/mol. The van der Waals surface area contributed by atoms with Crippen LogP contribution in [0.25, 0.3) is 11.0 Å². The Labute approximate surface area is 84.1 Å². The predicted molar refractivity (Wildman–Crippen MR) is 51.8 cm³/mol. The van der Waals surface area contributed by atoms with Gasteiger partial charge in [0.15, 0.2) is 5.82 Å². The molecule has 0 aliphatic carbocycles. The first-order chi connectivity index (χ1) is 7.15.